The number of nitrogens with one attached hydrogen (secondary N) is 2. The van der Waals surface area contributed by atoms with Gasteiger partial charge in [-0.2, -0.15) is 0 Å². The third-order valence-corrected chi connectivity index (χ3v) is 6.98. The highest BCUT2D eigenvalue weighted by atomic mass is 16.6. The zero-order chi connectivity index (χ0) is 28.1. The second kappa shape index (κ2) is 12.3. The lowest BCUT2D eigenvalue weighted by Gasteiger charge is -2.36. The summed E-state index contributed by atoms with van der Waals surface area (Å²) >= 11 is 0. The van der Waals surface area contributed by atoms with Crippen LogP contribution in [0, 0.1) is 11.8 Å². The van der Waals surface area contributed by atoms with E-state index in [0.29, 0.717) is 0 Å². The van der Waals surface area contributed by atoms with Crippen LogP contribution >= 0.6 is 0 Å². The van der Waals surface area contributed by atoms with E-state index in [1.54, 1.807) is 24.3 Å². The van der Waals surface area contributed by atoms with Crippen molar-refractivity contribution in [3.63, 3.8) is 0 Å². The van der Waals surface area contributed by atoms with Gasteiger partial charge < -0.3 is 35.1 Å². The van der Waals surface area contributed by atoms with E-state index in [4.69, 9.17) is 14.2 Å². The number of para-hydroxylation sites is 1. The molecule has 2 aliphatic rings. The quantitative estimate of drug-likeness (QED) is 0.401. The SMILES string of the molecule is C[C@H]1OC(=O)C(C2COC2)OC(=O)[C@H](C)[C@H](O)[C@H](Cc2ccccc2)NC(=O)[C@H]1NC(=O)c1ccccc1O. The Morgan fingerprint density at radius 3 is 2.28 bits per heavy atom. The summed E-state index contributed by atoms with van der Waals surface area (Å²) in [6.07, 6.45) is -3.74. The number of phenolic OH excluding ortho intramolecular Hbond substituents is 1. The fourth-order valence-electron chi connectivity index (χ4n) is 4.48. The average molecular weight is 541 g/mol. The second-order valence-corrected chi connectivity index (χ2v) is 9.85. The maximum absolute atomic E-state index is 13.6. The molecule has 2 aliphatic heterocycles. The first-order chi connectivity index (χ1) is 18.7. The van der Waals surface area contributed by atoms with Crippen molar-refractivity contribution in [2.75, 3.05) is 13.2 Å². The van der Waals surface area contributed by atoms with Gasteiger partial charge in [-0.05, 0) is 38.0 Å². The fourth-order valence-corrected chi connectivity index (χ4v) is 4.48. The van der Waals surface area contributed by atoms with Crippen molar-refractivity contribution in [1.29, 1.82) is 0 Å². The maximum Gasteiger partial charge on any atom is 0.348 e. The van der Waals surface area contributed by atoms with E-state index in [0.717, 1.165) is 5.56 Å². The number of cyclic esters (lactones) is 2. The van der Waals surface area contributed by atoms with Gasteiger partial charge >= 0.3 is 11.9 Å². The van der Waals surface area contributed by atoms with Crippen molar-refractivity contribution in [2.45, 2.75) is 50.7 Å². The first kappa shape index (κ1) is 28.1. The standard InChI is InChI=1S/C28H32N2O9/c1-15-23(32)20(12-17-8-4-3-5-9-17)29-26(34)22(30-25(33)19-10-6-7-11-21(19)31)16(2)38-28(36)24(39-27(15)35)18-13-37-14-18/h3-11,15-16,18,20,22-24,31-32H,12-14H2,1-2H3,(H,29,34)(H,30,33)/t15-,16-,20+,22+,23+,24?/m1/s1. The number of phenols is 1. The summed E-state index contributed by atoms with van der Waals surface area (Å²) in [6.45, 7) is 3.20. The Bertz CT molecular complexity index is 1200. The van der Waals surface area contributed by atoms with Gasteiger partial charge in [0.25, 0.3) is 5.91 Å². The van der Waals surface area contributed by atoms with Crippen LogP contribution in [-0.2, 0) is 35.0 Å². The molecule has 2 aromatic carbocycles. The van der Waals surface area contributed by atoms with Gasteiger partial charge in [-0.25, -0.2) is 4.79 Å². The van der Waals surface area contributed by atoms with Gasteiger partial charge in [-0.1, -0.05) is 42.5 Å². The zero-order valence-electron chi connectivity index (χ0n) is 21.6. The fraction of sp³-hybridized carbons (Fsp3) is 0.429. The lowest BCUT2D eigenvalue weighted by Crippen LogP contribution is -2.60. The van der Waals surface area contributed by atoms with Crippen LogP contribution in [0.15, 0.2) is 54.6 Å². The van der Waals surface area contributed by atoms with Gasteiger partial charge in [-0.15, -0.1) is 0 Å². The van der Waals surface area contributed by atoms with Crippen LogP contribution in [0.4, 0.5) is 0 Å². The molecule has 2 saturated heterocycles. The topological polar surface area (TPSA) is 160 Å². The highest BCUT2D eigenvalue weighted by Gasteiger charge is 2.44. The molecule has 1 unspecified atom stereocenters. The molecule has 0 saturated carbocycles. The van der Waals surface area contributed by atoms with Crippen molar-refractivity contribution >= 4 is 23.8 Å². The number of ether oxygens (including phenoxy) is 3. The molecule has 2 aromatic rings. The van der Waals surface area contributed by atoms with E-state index >= 15 is 0 Å². The molecule has 0 aliphatic carbocycles. The molecular weight excluding hydrogens is 508 g/mol. The summed E-state index contributed by atoms with van der Waals surface area (Å²) in [5, 5.41) is 26.6. The van der Waals surface area contributed by atoms with E-state index in [1.807, 2.05) is 18.2 Å². The molecule has 11 heteroatoms. The van der Waals surface area contributed by atoms with Crippen molar-refractivity contribution in [1.82, 2.24) is 10.6 Å². The van der Waals surface area contributed by atoms with E-state index in [2.05, 4.69) is 10.6 Å². The van der Waals surface area contributed by atoms with Gasteiger partial charge in [0.15, 0.2) is 0 Å². The minimum absolute atomic E-state index is 0.0807. The number of carbonyl (C=O) groups excluding carboxylic acids is 4. The highest BCUT2D eigenvalue weighted by Crippen LogP contribution is 2.24. The van der Waals surface area contributed by atoms with Gasteiger partial charge in [0.1, 0.15) is 17.9 Å². The molecule has 39 heavy (non-hydrogen) atoms. The van der Waals surface area contributed by atoms with Crippen molar-refractivity contribution in [2.24, 2.45) is 11.8 Å². The number of amides is 2. The number of hydrogen-bond donors (Lipinski definition) is 4. The summed E-state index contributed by atoms with van der Waals surface area (Å²) < 4.78 is 16.2. The lowest BCUT2D eigenvalue weighted by molar-refractivity contribution is -0.192. The van der Waals surface area contributed by atoms with Gasteiger partial charge in [0.05, 0.1) is 42.8 Å². The molecule has 0 spiro atoms. The minimum atomic E-state index is -1.41. The molecule has 4 rings (SSSR count). The van der Waals surface area contributed by atoms with E-state index in [1.165, 1.54) is 26.0 Å². The number of carbonyl (C=O) groups is 4. The number of aromatic hydroxyl groups is 1. The molecule has 208 valence electrons. The van der Waals surface area contributed by atoms with Crippen molar-refractivity contribution < 1.29 is 43.6 Å². The third-order valence-electron chi connectivity index (χ3n) is 6.98. The highest BCUT2D eigenvalue weighted by molar-refractivity contribution is 6.00. The van der Waals surface area contributed by atoms with Gasteiger partial charge in [0.2, 0.25) is 12.0 Å². The number of aliphatic hydroxyl groups excluding tert-OH is 1. The molecule has 2 fully saturated rings. The van der Waals surface area contributed by atoms with E-state index < -0.39 is 66.0 Å². The summed E-state index contributed by atoms with van der Waals surface area (Å²) in [4.78, 5) is 52.7. The van der Waals surface area contributed by atoms with Crippen molar-refractivity contribution in [3.05, 3.63) is 65.7 Å². The Labute approximate surface area is 225 Å². The Morgan fingerprint density at radius 1 is 0.974 bits per heavy atom. The van der Waals surface area contributed by atoms with Crippen LogP contribution in [0.5, 0.6) is 5.75 Å². The number of benzene rings is 2. The van der Waals surface area contributed by atoms with Crippen LogP contribution in [0.3, 0.4) is 0 Å². The third kappa shape index (κ3) is 6.55. The first-order valence-electron chi connectivity index (χ1n) is 12.8. The average Bonchev–Trinajstić information content (AvgIpc) is 2.89. The van der Waals surface area contributed by atoms with E-state index in [-0.39, 0.29) is 30.9 Å². The number of rotatable bonds is 5. The minimum Gasteiger partial charge on any atom is -0.507 e. The predicted molar refractivity (Wildman–Crippen MR) is 136 cm³/mol. The van der Waals surface area contributed by atoms with Gasteiger partial charge in [0, 0.05) is 0 Å². The molecule has 0 aromatic heterocycles. The van der Waals surface area contributed by atoms with Crippen LogP contribution in [0.2, 0.25) is 0 Å². The molecule has 6 atom stereocenters. The molecule has 11 nitrogen and oxygen atoms in total. The second-order valence-electron chi connectivity index (χ2n) is 9.85. The Balaban J connectivity index is 1.67. The molecule has 0 radical (unpaired) electrons. The normalized spacial score (nSPS) is 28.5. The molecule has 4 N–H and O–H groups in total. The smallest absolute Gasteiger partial charge is 0.348 e. The predicted octanol–water partition coefficient (Wildman–Crippen LogP) is 0.719. The van der Waals surface area contributed by atoms with Crippen LogP contribution < -0.4 is 10.6 Å². The summed E-state index contributed by atoms with van der Waals surface area (Å²) in [6, 6.07) is 12.5. The Hall–Kier alpha value is -3.96. The zero-order valence-corrected chi connectivity index (χ0v) is 21.6. The van der Waals surface area contributed by atoms with Crippen LogP contribution in [0.25, 0.3) is 0 Å². The van der Waals surface area contributed by atoms with Crippen molar-refractivity contribution in [3.8, 4) is 5.75 Å². The largest absolute Gasteiger partial charge is 0.507 e. The van der Waals surface area contributed by atoms with E-state index in [9.17, 15) is 29.4 Å². The molecule has 2 heterocycles. The number of aliphatic hydroxyl groups is 1. The van der Waals surface area contributed by atoms with Gasteiger partial charge in [-0.3, -0.25) is 14.4 Å². The lowest BCUT2D eigenvalue weighted by atomic mass is 9.92. The van der Waals surface area contributed by atoms with Crippen LogP contribution in [-0.4, -0.2) is 77.6 Å². The Morgan fingerprint density at radius 2 is 1.64 bits per heavy atom. The Kier molecular flexibility index (Phi) is 8.82. The first-order valence-corrected chi connectivity index (χ1v) is 12.8. The number of hydrogen-bond acceptors (Lipinski definition) is 9. The maximum atomic E-state index is 13.6. The molecule has 2 amide bonds. The summed E-state index contributed by atoms with van der Waals surface area (Å²) in [7, 11) is 0. The van der Waals surface area contributed by atoms with Crippen LogP contribution in [0.1, 0.15) is 29.8 Å². The molecule has 0 bridgehead atoms. The molecular formula is C28H32N2O9. The number of esters is 2. The summed E-state index contributed by atoms with van der Waals surface area (Å²) in [5.41, 5.74) is 0.705. The monoisotopic (exact) mass is 540 g/mol. The summed E-state index contributed by atoms with van der Waals surface area (Å²) in [5.74, 6) is -5.10.